The highest BCUT2D eigenvalue weighted by atomic mass is 16.5. The van der Waals surface area contributed by atoms with Crippen molar-refractivity contribution in [3.05, 3.63) is 23.8 Å². The summed E-state index contributed by atoms with van der Waals surface area (Å²) in [7, 11) is 1.66. The lowest BCUT2D eigenvalue weighted by Gasteiger charge is -2.35. The first-order chi connectivity index (χ1) is 9.65. The minimum Gasteiger partial charge on any atom is -0.495 e. The molecule has 0 bridgehead atoms. The normalized spacial score (nSPS) is 22.4. The lowest BCUT2D eigenvalue weighted by Crippen LogP contribution is -2.35. The number of nitriles is 1. The van der Waals surface area contributed by atoms with Gasteiger partial charge >= 0.3 is 0 Å². The number of nitrogens with one attached hydrogen (secondary N) is 1. The molecule has 1 aromatic rings. The third-order valence-corrected chi connectivity index (χ3v) is 4.35. The zero-order chi connectivity index (χ0) is 14.5. The molecule has 1 aliphatic rings. The van der Waals surface area contributed by atoms with Gasteiger partial charge in [0.2, 0.25) is 0 Å². The zero-order valence-corrected chi connectivity index (χ0v) is 12.6. The Balaban J connectivity index is 2.18. The molecule has 1 aliphatic carbocycles. The molecule has 2 unspecified atom stereocenters. The summed E-state index contributed by atoms with van der Waals surface area (Å²) in [6, 6.07) is 8.27. The first-order valence-electron chi connectivity index (χ1n) is 7.50. The van der Waals surface area contributed by atoms with Crippen molar-refractivity contribution in [1.29, 1.82) is 5.26 Å². The van der Waals surface area contributed by atoms with Crippen molar-refractivity contribution in [2.24, 2.45) is 11.8 Å². The molecule has 0 spiro atoms. The molecule has 0 heterocycles. The lowest BCUT2D eigenvalue weighted by atomic mass is 9.78. The molecule has 2 atom stereocenters. The van der Waals surface area contributed by atoms with Gasteiger partial charge in [0.1, 0.15) is 5.75 Å². The Labute approximate surface area is 121 Å². The topological polar surface area (TPSA) is 45.0 Å². The molecule has 0 radical (unpaired) electrons. The maximum Gasteiger partial charge on any atom is 0.143 e. The Bertz CT molecular complexity index is 490. The van der Waals surface area contributed by atoms with Gasteiger partial charge in [-0.25, -0.2) is 0 Å². The average Bonchev–Trinajstić information content (AvgIpc) is 2.48. The highest BCUT2D eigenvalue weighted by Crippen LogP contribution is 2.34. The van der Waals surface area contributed by atoms with E-state index in [2.05, 4.69) is 25.2 Å². The Kier molecular flexibility index (Phi) is 4.89. The van der Waals surface area contributed by atoms with Crippen LogP contribution in [-0.4, -0.2) is 13.2 Å². The highest BCUT2D eigenvalue weighted by molar-refractivity contribution is 5.60. The molecule has 108 valence electrons. The van der Waals surface area contributed by atoms with Crippen molar-refractivity contribution in [2.75, 3.05) is 12.4 Å². The minimum absolute atomic E-state index is 0.505. The summed E-state index contributed by atoms with van der Waals surface area (Å²) in [6.07, 6.45) is 5.14. The molecule has 0 amide bonds. The predicted octanol–water partition coefficient (Wildman–Crippen LogP) is 4.19. The van der Waals surface area contributed by atoms with E-state index in [0.29, 0.717) is 23.4 Å². The third-order valence-electron chi connectivity index (χ3n) is 4.35. The van der Waals surface area contributed by atoms with Gasteiger partial charge in [0.25, 0.3) is 0 Å². The van der Waals surface area contributed by atoms with Crippen molar-refractivity contribution in [1.82, 2.24) is 0 Å². The molecule has 20 heavy (non-hydrogen) atoms. The van der Waals surface area contributed by atoms with Crippen LogP contribution in [0.1, 0.15) is 45.1 Å². The van der Waals surface area contributed by atoms with Gasteiger partial charge in [-0.3, -0.25) is 0 Å². The third kappa shape index (κ3) is 3.25. The Hall–Kier alpha value is -1.69. The van der Waals surface area contributed by atoms with Crippen molar-refractivity contribution in [3.63, 3.8) is 0 Å². The van der Waals surface area contributed by atoms with Crippen LogP contribution in [0.15, 0.2) is 18.2 Å². The summed E-state index contributed by atoms with van der Waals surface area (Å²) >= 11 is 0. The second-order valence-electron chi connectivity index (χ2n) is 5.97. The number of anilines is 1. The molecule has 0 aliphatic heterocycles. The van der Waals surface area contributed by atoms with Crippen LogP contribution in [0.25, 0.3) is 0 Å². The van der Waals surface area contributed by atoms with Crippen LogP contribution in [0.4, 0.5) is 5.69 Å². The summed E-state index contributed by atoms with van der Waals surface area (Å²) < 4.78 is 5.41. The van der Waals surface area contributed by atoms with Gasteiger partial charge in [0.05, 0.1) is 24.4 Å². The van der Waals surface area contributed by atoms with Crippen LogP contribution < -0.4 is 10.1 Å². The maximum absolute atomic E-state index is 8.96. The molecule has 1 aromatic carbocycles. The van der Waals surface area contributed by atoms with Crippen LogP contribution in [0.5, 0.6) is 5.75 Å². The van der Waals surface area contributed by atoms with E-state index in [1.807, 2.05) is 12.1 Å². The molecule has 0 aromatic heterocycles. The smallest absolute Gasteiger partial charge is 0.143 e. The molecule has 1 N–H and O–H groups in total. The lowest BCUT2D eigenvalue weighted by molar-refractivity contribution is 0.253. The number of hydrogen-bond acceptors (Lipinski definition) is 3. The fraction of sp³-hybridized carbons (Fsp3) is 0.588. The van der Waals surface area contributed by atoms with E-state index in [9.17, 15) is 0 Å². The number of rotatable bonds is 4. The zero-order valence-electron chi connectivity index (χ0n) is 12.6. The van der Waals surface area contributed by atoms with E-state index < -0.39 is 0 Å². The average molecular weight is 272 g/mol. The number of methoxy groups -OCH3 is 1. The van der Waals surface area contributed by atoms with Gasteiger partial charge in [-0.15, -0.1) is 0 Å². The van der Waals surface area contributed by atoms with E-state index in [1.165, 1.54) is 25.7 Å². The molecular formula is C17H24N2O. The molecule has 0 saturated heterocycles. The Morgan fingerprint density at radius 2 is 2.05 bits per heavy atom. The Morgan fingerprint density at radius 1 is 1.30 bits per heavy atom. The highest BCUT2D eigenvalue weighted by Gasteiger charge is 2.27. The van der Waals surface area contributed by atoms with Crippen LogP contribution >= 0.6 is 0 Å². The van der Waals surface area contributed by atoms with Gasteiger partial charge < -0.3 is 10.1 Å². The SMILES string of the molecule is COc1cc(C#N)ccc1NC1CCCCC1C(C)C. The largest absolute Gasteiger partial charge is 0.495 e. The van der Waals surface area contributed by atoms with Crippen molar-refractivity contribution in [3.8, 4) is 11.8 Å². The molecule has 3 heteroatoms. The second-order valence-corrected chi connectivity index (χ2v) is 5.97. The van der Waals surface area contributed by atoms with Crippen LogP contribution in [-0.2, 0) is 0 Å². The maximum atomic E-state index is 8.96. The van der Waals surface area contributed by atoms with E-state index in [0.717, 1.165) is 11.4 Å². The summed E-state index contributed by atoms with van der Waals surface area (Å²) in [5.74, 6) is 2.17. The summed E-state index contributed by atoms with van der Waals surface area (Å²) in [4.78, 5) is 0. The molecule has 1 saturated carbocycles. The van der Waals surface area contributed by atoms with Gasteiger partial charge in [-0.2, -0.15) is 5.26 Å². The fourth-order valence-corrected chi connectivity index (χ4v) is 3.22. The summed E-state index contributed by atoms with van der Waals surface area (Å²) in [5.41, 5.74) is 1.64. The van der Waals surface area contributed by atoms with E-state index >= 15 is 0 Å². The first-order valence-corrected chi connectivity index (χ1v) is 7.50. The van der Waals surface area contributed by atoms with Crippen LogP contribution in [0.3, 0.4) is 0 Å². The van der Waals surface area contributed by atoms with Gasteiger partial charge in [0, 0.05) is 12.1 Å². The minimum atomic E-state index is 0.505. The first kappa shape index (κ1) is 14.7. The van der Waals surface area contributed by atoms with E-state index in [4.69, 9.17) is 10.00 Å². The van der Waals surface area contributed by atoms with Crippen LogP contribution in [0.2, 0.25) is 0 Å². The fourth-order valence-electron chi connectivity index (χ4n) is 3.22. The predicted molar refractivity (Wildman–Crippen MR) is 81.9 cm³/mol. The quantitative estimate of drug-likeness (QED) is 0.893. The summed E-state index contributed by atoms with van der Waals surface area (Å²) in [6.45, 7) is 4.61. The molecule has 1 fully saturated rings. The van der Waals surface area contributed by atoms with Crippen molar-refractivity contribution >= 4 is 5.69 Å². The monoisotopic (exact) mass is 272 g/mol. The van der Waals surface area contributed by atoms with Gasteiger partial charge in [-0.05, 0) is 36.8 Å². The number of hydrogen-bond donors (Lipinski definition) is 1. The second kappa shape index (κ2) is 6.65. The summed E-state index contributed by atoms with van der Waals surface area (Å²) in [5, 5.41) is 12.6. The number of benzene rings is 1. The molecule has 3 nitrogen and oxygen atoms in total. The van der Waals surface area contributed by atoms with Crippen molar-refractivity contribution < 1.29 is 4.74 Å². The van der Waals surface area contributed by atoms with Crippen molar-refractivity contribution in [2.45, 2.75) is 45.6 Å². The van der Waals surface area contributed by atoms with E-state index in [-0.39, 0.29) is 0 Å². The van der Waals surface area contributed by atoms with Crippen LogP contribution in [0, 0.1) is 23.2 Å². The number of ether oxygens (including phenoxy) is 1. The van der Waals surface area contributed by atoms with Gasteiger partial charge in [-0.1, -0.05) is 26.7 Å². The van der Waals surface area contributed by atoms with E-state index in [1.54, 1.807) is 13.2 Å². The molecular weight excluding hydrogens is 248 g/mol. The molecule has 2 rings (SSSR count). The van der Waals surface area contributed by atoms with Gasteiger partial charge in [0.15, 0.2) is 0 Å². The standard InChI is InChI=1S/C17H24N2O/c1-12(2)14-6-4-5-7-15(14)19-16-9-8-13(11-18)10-17(16)20-3/h8-10,12,14-15,19H,4-7H2,1-3H3. The Morgan fingerprint density at radius 3 is 2.70 bits per heavy atom. The number of nitrogens with zero attached hydrogens (tertiary/aromatic N) is 1.